The molecule has 0 rings (SSSR count). The van der Waals surface area contributed by atoms with Crippen LogP contribution in [0.25, 0.3) is 0 Å². The third-order valence-electron chi connectivity index (χ3n) is 3.37. The fraction of sp³-hybridized carbons (Fsp3) is 0.857. The lowest BCUT2D eigenvalue weighted by Gasteiger charge is -2.29. The summed E-state index contributed by atoms with van der Waals surface area (Å²) in [6, 6.07) is 0. The first-order chi connectivity index (χ1) is 14.7. The smallest absolute Gasteiger partial charge is 0.303 e. The third-order valence-corrected chi connectivity index (χ3v) is 4.77. The molecule has 0 atom stereocenters. The minimum absolute atomic E-state index is 0.0180. The van der Waals surface area contributed by atoms with Crippen LogP contribution in [0.1, 0.15) is 53.4 Å². The number of carboxylic acids is 1. The number of nitrogens with one attached hydrogen (secondary N) is 1. The number of hydrogen-bond donors (Lipinski definition) is 2. The Labute approximate surface area is 192 Å². The van der Waals surface area contributed by atoms with Crippen molar-refractivity contribution >= 4 is 29.9 Å². The van der Waals surface area contributed by atoms with Gasteiger partial charge in [0.05, 0.1) is 26.4 Å². The Kier molecular flexibility index (Phi) is 27.8. The van der Waals surface area contributed by atoms with E-state index in [1.807, 2.05) is 26.0 Å². The number of aliphatic carboxylic acids is 1. The van der Waals surface area contributed by atoms with Crippen molar-refractivity contribution in [2.24, 2.45) is 0 Å². The molecular formula is C21H44N2O7S. The number of carbonyl (C=O) groups is 3. The molecule has 0 heterocycles. The van der Waals surface area contributed by atoms with E-state index < -0.39 is 5.97 Å². The van der Waals surface area contributed by atoms with Gasteiger partial charge in [-0.2, -0.15) is 16.8 Å². The number of hydroxylamine groups is 2. The van der Waals surface area contributed by atoms with Gasteiger partial charge in [-0.1, -0.05) is 13.8 Å². The van der Waals surface area contributed by atoms with Gasteiger partial charge in [0.2, 0.25) is 5.91 Å². The number of carboxylic acid groups (broad SMARTS) is 1. The summed E-state index contributed by atoms with van der Waals surface area (Å²) >= 11 is 1.77. The molecule has 0 aliphatic heterocycles. The molecule has 0 aliphatic rings. The highest BCUT2D eigenvalue weighted by Crippen LogP contribution is 2.26. The van der Waals surface area contributed by atoms with Crippen molar-refractivity contribution in [3.05, 3.63) is 0 Å². The summed E-state index contributed by atoms with van der Waals surface area (Å²) in [7, 11) is 5.09. The summed E-state index contributed by atoms with van der Waals surface area (Å²) in [5.74, 6) is 0.0206. The second kappa shape index (κ2) is 25.1. The molecule has 186 valence electrons. The molecule has 0 saturated heterocycles. The number of rotatable bonds is 17. The van der Waals surface area contributed by atoms with Crippen molar-refractivity contribution < 1.29 is 33.8 Å². The van der Waals surface area contributed by atoms with Crippen molar-refractivity contribution in [1.82, 2.24) is 10.4 Å². The van der Waals surface area contributed by atoms with Gasteiger partial charge in [0, 0.05) is 51.8 Å². The summed E-state index contributed by atoms with van der Waals surface area (Å²) in [6.45, 7) is 11.3. The van der Waals surface area contributed by atoms with Crippen LogP contribution in [-0.4, -0.2) is 93.0 Å². The largest absolute Gasteiger partial charge is 0.481 e. The van der Waals surface area contributed by atoms with Crippen molar-refractivity contribution in [2.45, 2.75) is 58.1 Å². The molecule has 31 heavy (non-hydrogen) atoms. The standard InChI is InChI=1S/C14H29NO5S.C5H9NO2.C2H6/c1-14(2,21-11-5-6-13(16)17)12-15(3)20-10-9-19-8-7-18-4;1-6-5(8)3-2-4-7;1-2/h5-12H2,1-4H3,(H,16,17);4H,2-3H2,1H3,(H,6,8);1-2H3. The van der Waals surface area contributed by atoms with Crippen LogP contribution in [0.15, 0.2) is 0 Å². The zero-order valence-corrected chi connectivity index (χ0v) is 21.2. The molecule has 0 aromatic carbocycles. The minimum atomic E-state index is -0.734. The van der Waals surface area contributed by atoms with E-state index in [9.17, 15) is 14.4 Å². The number of methoxy groups -OCH3 is 1. The molecule has 0 aromatic heterocycles. The average Bonchev–Trinajstić information content (AvgIpc) is 2.73. The molecule has 0 bridgehead atoms. The zero-order valence-electron chi connectivity index (χ0n) is 20.4. The van der Waals surface area contributed by atoms with Crippen LogP contribution in [0, 0.1) is 0 Å². The SMILES string of the molecule is CC.CNC(=O)CCC=O.COCCOCCON(C)CC(C)(C)SCCCC(=O)O. The molecule has 10 heteroatoms. The van der Waals surface area contributed by atoms with Crippen LogP contribution in [-0.2, 0) is 28.7 Å². The average molecular weight is 469 g/mol. The van der Waals surface area contributed by atoms with Gasteiger partial charge in [-0.25, -0.2) is 0 Å². The van der Waals surface area contributed by atoms with Gasteiger partial charge in [0.1, 0.15) is 6.29 Å². The molecule has 0 aromatic rings. The molecule has 0 spiro atoms. The fourth-order valence-electron chi connectivity index (χ4n) is 2.01. The first-order valence-electron chi connectivity index (χ1n) is 10.6. The topological polar surface area (TPSA) is 114 Å². The molecule has 0 aliphatic carbocycles. The Hall–Kier alpha value is -1.20. The Balaban J connectivity index is -0.000000655. The van der Waals surface area contributed by atoms with Gasteiger partial charge in [-0.15, -0.1) is 0 Å². The third kappa shape index (κ3) is 31.1. The molecule has 9 nitrogen and oxygen atoms in total. The lowest BCUT2D eigenvalue weighted by atomic mass is 10.2. The predicted octanol–water partition coefficient (Wildman–Crippen LogP) is 2.63. The Bertz CT molecular complexity index is 438. The van der Waals surface area contributed by atoms with E-state index in [1.54, 1.807) is 25.9 Å². The second-order valence-electron chi connectivity index (χ2n) is 6.71. The Morgan fingerprint density at radius 1 is 1.13 bits per heavy atom. The van der Waals surface area contributed by atoms with E-state index in [-0.39, 0.29) is 17.1 Å². The second-order valence-corrected chi connectivity index (χ2v) is 8.51. The van der Waals surface area contributed by atoms with E-state index in [4.69, 9.17) is 19.4 Å². The van der Waals surface area contributed by atoms with Crippen LogP contribution < -0.4 is 5.32 Å². The van der Waals surface area contributed by atoms with E-state index in [2.05, 4.69) is 19.2 Å². The molecule has 0 saturated carbocycles. The molecule has 2 N–H and O–H groups in total. The van der Waals surface area contributed by atoms with E-state index >= 15 is 0 Å². The first-order valence-corrected chi connectivity index (χ1v) is 11.6. The molecular weight excluding hydrogens is 424 g/mol. The van der Waals surface area contributed by atoms with Crippen LogP contribution >= 0.6 is 11.8 Å². The number of amides is 1. The first kappa shape index (κ1) is 34.4. The minimum Gasteiger partial charge on any atom is -0.481 e. The van der Waals surface area contributed by atoms with E-state index in [1.165, 1.54) is 0 Å². The van der Waals surface area contributed by atoms with Crippen LogP contribution in [0.2, 0.25) is 0 Å². The van der Waals surface area contributed by atoms with Crippen LogP contribution in [0.3, 0.4) is 0 Å². The summed E-state index contributed by atoms with van der Waals surface area (Å²) in [4.78, 5) is 36.0. The van der Waals surface area contributed by atoms with Gasteiger partial charge in [0.25, 0.3) is 0 Å². The number of aldehydes is 1. The maximum absolute atomic E-state index is 10.5. The van der Waals surface area contributed by atoms with Gasteiger partial charge in [-0.3, -0.25) is 14.4 Å². The lowest BCUT2D eigenvalue weighted by molar-refractivity contribution is -0.155. The zero-order chi connectivity index (χ0) is 24.5. The molecule has 1 amide bonds. The monoisotopic (exact) mass is 468 g/mol. The van der Waals surface area contributed by atoms with Crippen LogP contribution in [0.5, 0.6) is 0 Å². The van der Waals surface area contributed by atoms with Gasteiger partial charge in [0.15, 0.2) is 0 Å². The van der Waals surface area contributed by atoms with Gasteiger partial charge >= 0.3 is 5.97 Å². The number of carbonyl (C=O) groups excluding carboxylic acids is 2. The number of thioether (sulfide) groups is 1. The summed E-state index contributed by atoms with van der Waals surface area (Å²) in [5, 5.41) is 12.8. The Morgan fingerprint density at radius 3 is 2.26 bits per heavy atom. The molecule has 0 radical (unpaired) electrons. The fourth-order valence-corrected chi connectivity index (χ4v) is 3.13. The van der Waals surface area contributed by atoms with Crippen molar-refractivity contribution in [2.75, 3.05) is 59.9 Å². The molecule has 0 unspecified atom stereocenters. The van der Waals surface area contributed by atoms with E-state index in [0.717, 1.165) is 18.6 Å². The summed E-state index contributed by atoms with van der Waals surface area (Å²) < 4.78 is 10.2. The van der Waals surface area contributed by atoms with E-state index in [0.29, 0.717) is 45.7 Å². The van der Waals surface area contributed by atoms with Crippen molar-refractivity contribution in [3.8, 4) is 0 Å². The predicted molar refractivity (Wildman–Crippen MR) is 125 cm³/mol. The number of nitrogens with zero attached hydrogens (tertiary/aromatic N) is 1. The normalized spacial score (nSPS) is 10.5. The summed E-state index contributed by atoms with van der Waals surface area (Å²) in [6.07, 6.45) is 2.28. The highest BCUT2D eigenvalue weighted by Gasteiger charge is 2.21. The molecule has 0 fully saturated rings. The number of ether oxygens (including phenoxy) is 2. The maximum atomic E-state index is 10.5. The Morgan fingerprint density at radius 2 is 1.74 bits per heavy atom. The quantitative estimate of drug-likeness (QED) is 0.189. The highest BCUT2D eigenvalue weighted by molar-refractivity contribution is 8.00. The lowest BCUT2D eigenvalue weighted by Crippen LogP contribution is -2.35. The highest BCUT2D eigenvalue weighted by atomic mass is 32.2. The summed E-state index contributed by atoms with van der Waals surface area (Å²) in [5.41, 5.74) is 0. The van der Waals surface area contributed by atoms with Gasteiger partial charge in [-0.05, 0) is 26.0 Å². The van der Waals surface area contributed by atoms with Crippen LogP contribution in [0.4, 0.5) is 0 Å². The van der Waals surface area contributed by atoms with Crippen molar-refractivity contribution in [3.63, 3.8) is 0 Å². The maximum Gasteiger partial charge on any atom is 0.303 e. The van der Waals surface area contributed by atoms with Crippen molar-refractivity contribution in [1.29, 1.82) is 0 Å². The van der Waals surface area contributed by atoms with Gasteiger partial charge < -0.3 is 24.7 Å². The number of hydrogen-bond acceptors (Lipinski definition) is 8.